The largest absolute Gasteiger partial charge is 0.375 e. The van der Waals surface area contributed by atoms with Crippen LogP contribution in [0.1, 0.15) is 33.3 Å². The maximum atomic E-state index is 5.71. The molecule has 2 unspecified atom stereocenters. The monoisotopic (exact) mass is 354 g/mol. The number of anilines is 1. The zero-order valence-electron chi connectivity index (χ0n) is 13.5. The maximum Gasteiger partial charge on any atom is 0.0723 e. The van der Waals surface area contributed by atoms with E-state index in [9.17, 15) is 0 Å². The number of hydrogen-bond donors (Lipinski definition) is 1. The Labute approximate surface area is 137 Å². The molecule has 3 nitrogen and oxygen atoms in total. The minimum absolute atomic E-state index is 0.292. The predicted octanol–water partition coefficient (Wildman–Crippen LogP) is 3.81. The fourth-order valence-corrected chi connectivity index (χ4v) is 3.29. The first-order valence-electron chi connectivity index (χ1n) is 7.84. The van der Waals surface area contributed by atoms with Gasteiger partial charge in [0.2, 0.25) is 0 Å². The van der Waals surface area contributed by atoms with Gasteiger partial charge in [0.15, 0.2) is 0 Å². The van der Waals surface area contributed by atoms with Crippen LogP contribution in [0.25, 0.3) is 0 Å². The van der Waals surface area contributed by atoms with Crippen molar-refractivity contribution in [2.75, 3.05) is 24.6 Å². The fourth-order valence-electron chi connectivity index (χ4n) is 2.64. The molecule has 0 radical (unpaired) electrons. The first-order valence-corrected chi connectivity index (χ1v) is 8.64. The number of halogens is 1. The molecule has 1 aliphatic rings. The molecular formula is C17H27BrN2O. The highest BCUT2D eigenvalue weighted by atomic mass is 79.9. The predicted molar refractivity (Wildman–Crippen MR) is 92.9 cm³/mol. The van der Waals surface area contributed by atoms with Crippen molar-refractivity contribution in [3.05, 3.63) is 28.2 Å². The van der Waals surface area contributed by atoms with Gasteiger partial charge in [0, 0.05) is 23.6 Å². The highest BCUT2D eigenvalue weighted by Crippen LogP contribution is 2.30. The molecule has 2 atom stereocenters. The lowest BCUT2D eigenvalue weighted by Crippen LogP contribution is -2.47. The first kappa shape index (κ1) is 16.8. The third kappa shape index (κ3) is 4.70. The zero-order chi connectivity index (χ0) is 15.4. The summed E-state index contributed by atoms with van der Waals surface area (Å²) < 4.78 is 6.89. The van der Waals surface area contributed by atoms with Crippen LogP contribution in [0.15, 0.2) is 22.7 Å². The smallest absolute Gasteiger partial charge is 0.0723 e. The van der Waals surface area contributed by atoms with Gasteiger partial charge in [-0.1, -0.05) is 19.9 Å². The molecule has 1 fully saturated rings. The van der Waals surface area contributed by atoms with Crippen molar-refractivity contribution < 1.29 is 4.74 Å². The molecule has 1 heterocycles. The number of hydrogen-bond acceptors (Lipinski definition) is 3. The van der Waals surface area contributed by atoms with E-state index in [-0.39, 0.29) is 0 Å². The Morgan fingerprint density at radius 3 is 2.81 bits per heavy atom. The van der Waals surface area contributed by atoms with E-state index in [0.29, 0.717) is 18.1 Å². The van der Waals surface area contributed by atoms with Crippen molar-refractivity contribution in [1.82, 2.24) is 5.32 Å². The topological polar surface area (TPSA) is 24.5 Å². The van der Waals surface area contributed by atoms with Crippen LogP contribution in [0.2, 0.25) is 0 Å². The van der Waals surface area contributed by atoms with Crippen LogP contribution in [0, 0.1) is 5.92 Å². The SMILES string of the molecule is CC(C)CNCc1ccc(N2CC(C)OCC2C)c(Br)c1. The molecule has 1 aliphatic heterocycles. The Morgan fingerprint density at radius 2 is 2.14 bits per heavy atom. The van der Waals surface area contributed by atoms with Crippen LogP contribution in [0.4, 0.5) is 5.69 Å². The average molecular weight is 355 g/mol. The lowest BCUT2D eigenvalue weighted by molar-refractivity contribution is 0.0343. The first-order chi connectivity index (χ1) is 9.97. The Balaban J connectivity index is 2.04. The average Bonchev–Trinajstić information content (AvgIpc) is 2.42. The highest BCUT2D eigenvalue weighted by Gasteiger charge is 2.24. The summed E-state index contributed by atoms with van der Waals surface area (Å²) in [6.07, 6.45) is 0.292. The van der Waals surface area contributed by atoms with Crippen molar-refractivity contribution in [2.24, 2.45) is 5.92 Å². The molecular weight excluding hydrogens is 328 g/mol. The van der Waals surface area contributed by atoms with Crippen molar-refractivity contribution in [2.45, 2.75) is 46.4 Å². The van der Waals surface area contributed by atoms with E-state index in [2.05, 4.69) is 72.0 Å². The second-order valence-electron chi connectivity index (χ2n) is 6.46. The number of nitrogens with zero attached hydrogens (tertiary/aromatic N) is 1. The number of rotatable bonds is 5. The molecule has 1 N–H and O–H groups in total. The summed E-state index contributed by atoms with van der Waals surface area (Å²) in [5.41, 5.74) is 2.59. The molecule has 2 rings (SSSR count). The van der Waals surface area contributed by atoms with E-state index in [1.807, 2.05) is 0 Å². The molecule has 0 saturated carbocycles. The standard InChI is InChI=1S/C17H27BrN2O/c1-12(2)8-19-9-15-5-6-17(16(18)7-15)20-10-14(4)21-11-13(20)3/h5-7,12-14,19H,8-11H2,1-4H3. The van der Waals surface area contributed by atoms with Gasteiger partial charge in [0.25, 0.3) is 0 Å². The second-order valence-corrected chi connectivity index (χ2v) is 7.31. The van der Waals surface area contributed by atoms with Crippen LogP contribution in [0.5, 0.6) is 0 Å². The van der Waals surface area contributed by atoms with Crippen molar-refractivity contribution in [3.8, 4) is 0 Å². The van der Waals surface area contributed by atoms with Gasteiger partial charge >= 0.3 is 0 Å². The molecule has 21 heavy (non-hydrogen) atoms. The lowest BCUT2D eigenvalue weighted by Gasteiger charge is -2.39. The number of morpholine rings is 1. The molecule has 0 spiro atoms. The van der Waals surface area contributed by atoms with Gasteiger partial charge in [-0.25, -0.2) is 0 Å². The molecule has 0 aromatic heterocycles. The van der Waals surface area contributed by atoms with Gasteiger partial charge in [-0.05, 0) is 59.9 Å². The molecule has 118 valence electrons. The highest BCUT2D eigenvalue weighted by molar-refractivity contribution is 9.10. The van der Waals surface area contributed by atoms with E-state index >= 15 is 0 Å². The summed E-state index contributed by atoms with van der Waals surface area (Å²) in [6, 6.07) is 7.10. The van der Waals surface area contributed by atoms with E-state index < -0.39 is 0 Å². The van der Waals surface area contributed by atoms with Crippen LogP contribution in [-0.4, -0.2) is 31.8 Å². The summed E-state index contributed by atoms with van der Waals surface area (Å²) in [5.74, 6) is 0.684. The molecule has 0 bridgehead atoms. The minimum atomic E-state index is 0.292. The summed E-state index contributed by atoms with van der Waals surface area (Å²) in [7, 11) is 0. The number of nitrogens with one attached hydrogen (secondary N) is 1. The van der Waals surface area contributed by atoms with Crippen molar-refractivity contribution in [3.63, 3.8) is 0 Å². The molecule has 1 saturated heterocycles. The van der Waals surface area contributed by atoms with Gasteiger partial charge in [-0.3, -0.25) is 0 Å². The Hall–Kier alpha value is -0.580. The third-order valence-corrected chi connectivity index (χ3v) is 4.45. The molecule has 1 aromatic rings. The number of benzene rings is 1. The number of ether oxygens (including phenoxy) is 1. The molecule has 0 amide bonds. The van der Waals surface area contributed by atoms with Crippen LogP contribution in [-0.2, 0) is 11.3 Å². The van der Waals surface area contributed by atoms with Gasteiger partial charge in [-0.15, -0.1) is 0 Å². The van der Waals surface area contributed by atoms with Crippen molar-refractivity contribution >= 4 is 21.6 Å². The molecule has 0 aliphatic carbocycles. The molecule has 4 heteroatoms. The van der Waals surface area contributed by atoms with Gasteiger partial charge in [0.05, 0.1) is 18.4 Å². The Kier molecular flexibility index (Phi) is 6.08. The van der Waals surface area contributed by atoms with Crippen LogP contribution < -0.4 is 10.2 Å². The van der Waals surface area contributed by atoms with Gasteiger partial charge in [-0.2, -0.15) is 0 Å². The van der Waals surface area contributed by atoms with Gasteiger partial charge in [0.1, 0.15) is 0 Å². The van der Waals surface area contributed by atoms with Crippen LogP contribution in [0.3, 0.4) is 0 Å². The normalized spacial score (nSPS) is 22.9. The summed E-state index contributed by atoms with van der Waals surface area (Å²) in [5, 5.41) is 3.49. The van der Waals surface area contributed by atoms with Crippen molar-refractivity contribution in [1.29, 1.82) is 0 Å². The minimum Gasteiger partial charge on any atom is -0.375 e. The zero-order valence-corrected chi connectivity index (χ0v) is 15.1. The quantitative estimate of drug-likeness (QED) is 0.869. The summed E-state index contributed by atoms with van der Waals surface area (Å²) in [6.45, 7) is 12.5. The summed E-state index contributed by atoms with van der Waals surface area (Å²) >= 11 is 3.74. The lowest BCUT2D eigenvalue weighted by atomic mass is 10.1. The fraction of sp³-hybridized carbons (Fsp3) is 0.647. The van der Waals surface area contributed by atoms with E-state index in [1.165, 1.54) is 15.7 Å². The summed E-state index contributed by atoms with van der Waals surface area (Å²) in [4.78, 5) is 2.43. The Morgan fingerprint density at radius 1 is 1.38 bits per heavy atom. The second kappa shape index (κ2) is 7.61. The van der Waals surface area contributed by atoms with E-state index in [4.69, 9.17) is 4.74 Å². The van der Waals surface area contributed by atoms with Crippen LogP contribution >= 0.6 is 15.9 Å². The van der Waals surface area contributed by atoms with E-state index in [0.717, 1.165) is 26.2 Å². The molecule has 1 aromatic carbocycles. The third-order valence-electron chi connectivity index (χ3n) is 3.81. The van der Waals surface area contributed by atoms with E-state index in [1.54, 1.807) is 0 Å². The Bertz CT molecular complexity index is 464. The van der Waals surface area contributed by atoms with Gasteiger partial charge < -0.3 is 15.0 Å². The maximum absolute atomic E-state index is 5.71.